The largest absolute Gasteiger partial charge is 0.384 e. The van der Waals surface area contributed by atoms with Gasteiger partial charge in [-0.1, -0.05) is 0 Å². The molecule has 0 saturated carbocycles. The van der Waals surface area contributed by atoms with E-state index in [1.165, 1.54) is 0 Å². The van der Waals surface area contributed by atoms with Gasteiger partial charge in [-0.2, -0.15) is 0 Å². The summed E-state index contributed by atoms with van der Waals surface area (Å²) in [5.74, 6) is -1.24. The molecule has 0 saturated heterocycles. The van der Waals surface area contributed by atoms with E-state index in [9.17, 15) is 21.2 Å². The average Bonchev–Trinajstić information content (AvgIpc) is 2.16. The average molecular weight is 309 g/mol. The molecule has 19 heavy (non-hydrogen) atoms. The predicted molar refractivity (Wildman–Crippen MR) is 69.7 cm³/mol. The van der Waals surface area contributed by atoms with Gasteiger partial charge in [-0.15, -0.1) is 0 Å². The molecule has 0 aliphatic heterocycles. The Labute approximate surface area is 110 Å². The zero-order valence-corrected chi connectivity index (χ0v) is 11.5. The van der Waals surface area contributed by atoms with Gasteiger partial charge in [0, 0.05) is 11.8 Å². The van der Waals surface area contributed by atoms with Crippen LogP contribution < -0.4 is 10.5 Å². The van der Waals surface area contributed by atoms with Gasteiger partial charge in [-0.3, -0.25) is 10.1 Å². The lowest BCUT2D eigenvalue weighted by molar-refractivity contribution is 0.594. The predicted octanol–water partition coefficient (Wildman–Crippen LogP) is -0.146. The van der Waals surface area contributed by atoms with Crippen molar-refractivity contribution in [2.45, 2.75) is 0 Å². The molecule has 0 heterocycles. The Bertz CT molecular complexity index is 713. The summed E-state index contributed by atoms with van der Waals surface area (Å²) >= 11 is 0. The third kappa shape index (κ3) is 4.83. The third-order valence-electron chi connectivity index (χ3n) is 1.91. The van der Waals surface area contributed by atoms with Crippen molar-refractivity contribution < 1.29 is 21.2 Å². The first-order chi connectivity index (χ1) is 8.50. The molecule has 1 aromatic carbocycles. The van der Waals surface area contributed by atoms with Gasteiger partial charge in [0.25, 0.3) is 0 Å². The Balaban J connectivity index is 3.17. The molecule has 10 heteroatoms. The molecular formula is C9H12FN3O4S2. The molecule has 0 spiro atoms. The molecule has 0 aliphatic carbocycles. The van der Waals surface area contributed by atoms with Crippen molar-refractivity contribution in [3.05, 3.63) is 29.6 Å². The van der Waals surface area contributed by atoms with Crippen molar-refractivity contribution >= 4 is 31.4 Å². The summed E-state index contributed by atoms with van der Waals surface area (Å²) in [5, 5.41) is 6.10. The maximum atomic E-state index is 13.0. The minimum Gasteiger partial charge on any atom is -0.384 e. The number of nitrogens with one attached hydrogen (secondary N) is 2. The second-order valence-corrected chi connectivity index (χ2v) is 8.09. The Hall–Kier alpha value is -1.68. The molecule has 0 radical (unpaired) electrons. The minimum atomic E-state index is -4.17. The highest BCUT2D eigenvalue weighted by Crippen LogP contribution is 2.18. The molecule has 1 aromatic rings. The van der Waals surface area contributed by atoms with E-state index in [-0.39, 0.29) is 11.3 Å². The van der Waals surface area contributed by atoms with E-state index >= 15 is 0 Å². The van der Waals surface area contributed by atoms with Crippen LogP contribution in [0.25, 0.3) is 0 Å². The van der Waals surface area contributed by atoms with Crippen LogP contribution in [0.15, 0.2) is 18.2 Å². The number of nitrogens with two attached hydrogens (primary N) is 1. The van der Waals surface area contributed by atoms with Crippen LogP contribution in [0.4, 0.5) is 10.1 Å². The van der Waals surface area contributed by atoms with Crippen LogP contribution in [-0.4, -0.2) is 34.0 Å². The van der Waals surface area contributed by atoms with E-state index in [4.69, 9.17) is 11.1 Å². The molecule has 0 unspecified atom stereocenters. The van der Waals surface area contributed by atoms with Crippen molar-refractivity contribution in [2.24, 2.45) is 5.73 Å². The summed E-state index contributed by atoms with van der Waals surface area (Å²) < 4.78 is 60.0. The maximum Gasteiger partial charge on any atom is 0.247 e. The molecule has 0 aromatic heterocycles. The summed E-state index contributed by atoms with van der Waals surface area (Å²) in [6, 6.07) is 2.90. The molecule has 0 fully saturated rings. The molecule has 0 atom stereocenters. The number of sulfone groups is 1. The van der Waals surface area contributed by atoms with Crippen LogP contribution in [0.2, 0.25) is 0 Å². The van der Waals surface area contributed by atoms with Crippen LogP contribution in [-0.2, 0) is 19.9 Å². The van der Waals surface area contributed by atoms with Crippen LogP contribution in [0.5, 0.6) is 0 Å². The lowest BCUT2D eigenvalue weighted by atomic mass is 10.1. The van der Waals surface area contributed by atoms with Gasteiger partial charge in [-0.05, 0) is 18.2 Å². The van der Waals surface area contributed by atoms with Gasteiger partial charge >= 0.3 is 0 Å². The fourth-order valence-corrected chi connectivity index (χ4v) is 4.31. The summed E-state index contributed by atoms with van der Waals surface area (Å²) in [4.78, 5) is 0. The normalized spacial score (nSPS) is 12.1. The van der Waals surface area contributed by atoms with E-state index in [0.717, 1.165) is 24.5 Å². The zero-order chi connectivity index (χ0) is 14.8. The van der Waals surface area contributed by atoms with Crippen LogP contribution in [0.1, 0.15) is 5.56 Å². The number of sulfonamides is 1. The summed E-state index contributed by atoms with van der Waals surface area (Å²) in [5.41, 5.74) is 4.87. The monoisotopic (exact) mass is 309 g/mol. The number of anilines is 1. The number of nitrogen functional groups attached to an aromatic ring is 1. The van der Waals surface area contributed by atoms with Gasteiger partial charge < -0.3 is 5.73 Å². The van der Waals surface area contributed by atoms with Gasteiger partial charge in [-0.25, -0.2) is 21.2 Å². The molecule has 7 nitrogen and oxygen atoms in total. The molecule has 1 rings (SSSR count). The molecule has 0 amide bonds. The Morgan fingerprint density at radius 1 is 1.37 bits per heavy atom. The van der Waals surface area contributed by atoms with Crippen molar-refractivity contribution in [1.82, 2.24) is 0 Å². The highest BCUT2D eigenvalue weighted by Gasteiger charge is 2.20. The number of halogens is 1. The van der Waals surface area contributed by atoms with E-state index in [2.05, 4.69) is 0 Å². The standard InChI is InChI=1S/C9H12FN3O4S2/c1-18(14,15)5-19(16,17)13-8-3-2-6(10)4-7(8)9(11)12/h2-4,13H,5H2,1H3,(H3,11,12). The van der Waals surface area contributed by atoms with Crippen molar-refractivity contribution in [1.29, 1.82) is 5.41 Å². The molecule has 0 bridgehead atoms. The number of hydrogen-bond donors (Lipinski definition) is 3. The van der Waals surface area contributed by atoms with Gasteiger partial charge in [0.15, 0.2) is 14.9 Å². The van der Waals surface area contributed by atoms with E-state index in [0.29, 0.717) is 0 Å². The number of rotatable bonds is 5. The minimum absolute atomic E-state index is 0.155. The summed E-state index contributed by atoms with van der Waals surface area (Å²) in [6.07, 6.45) is 0.767. The van der Waals surface area contributed by atoms with E-state index in [1.54, 1.807) is 0 Å². The highest BCUT2D eigenvalue weighted by molar-refractivity contribution is 8.08. The fourth-order valence-electron chi connectivity index (χ4n) is 1.31. The van der Waals surface area contributed by atoms with Crippen LogP contribution in [0, 0.1) is 11.2 Å². The first-order valence-electron chi connectivity index (χ1n) is 4.82. The van der Waals surface area contributed by atoms with Crippen LogP contribution >= 0.6 is 0 Å². The smallest absolute Gasteiger partial charge is 0.247 e. The van der Waals surface area contributed by atoms with Crippen molar-refractivity contribution in [3.63, 3.8) is 0 Å². The van der Waals surface area contributed by atoms with Crippen LogP contribution in [0.3, 0.4) is 0 Å². The first-order valence-corrected chi connectivity index (χ1v) is 8.53. The second kappa shape index (κ2) is 5.13. The Morgan fingerprint density at radius 2 is 1.95 bits per heavy atom. The zero-order valence-electron chi connectivity index (χ0n) is 9.84. The van der Waals surface area contributed by atoms with Gasteiger partial charge in [0.1, 0.15) is 11.7 Å². The fraction of sp³-hybridized carbons (Fsp3) is 0.222. The lowest BCUT2D eigenvalue weighted by Crippen LogP contribution is -2.24. The first kappa shape index (κ1) is 15.4. The van der Waals surface area contributed by atoms with Crippen molar-refractivity contribution in [2.75, 3.05) is 16.1 Å². The van der Waals surface area contributed by atoms with Crippen molar-refractivity contribution in [3.8, 4) is 0 Å². The van der Waals surface area contributed by atoms with Gasteiger partial charge in [0.05, 0.1) is 5.69 Å². The third-order valence-corrected chi connectivity index (χ3v) is 5.39. The lowest BCUT2D eigenvalue weighted by Gasteiger charge is -2.11. The number of benzene rings is 1. The summed E-state index contributed by atoms with van der Waals surface area (Å²) in [7, 11) is -7.93. The van der Waals surface area contributed by atoms with E-state index in [1.807, 2.05) is 4.72 Å². The van der Waals surface area contributed by atoms with E-state index < -0.39 is 36.6 Å². The topological polar surface area (TPSA) is 130 Å². The summed E-state index contributed by atoms with van der Waals surface area (Å²) in [6.45, 7) is 0. The number of amidine groups is 1. The van der Waals surface area contributed by atoms with Gasteiger partial charge in [0.2, 0.25) is 10.0 Å². The molecule has 0 aliphatic rings. The highest BCUT2D eigenvalue weighted by atomic mass is 32.3. The Kier molecular flexibility index (Phi) is 4.15. The SMILES string of the molecule is CS(=O)(=O)CS(=O)(=O)Nc1ccc(F)cc1C(=N)N. The number of hydrogen-bond acceptors (Lipinski definition) is 5. The Morgan fingerprint density at radius 3 is 2.42 bits per heavy atom. The second-order valence-electron chi connectivity index (χ2n) is 3.86. The molecule has 106 valence electrons. The maximum absolute atomic E-state index is 13.0. The molecular weight excluding hydrogens is 297 g/mol. The quantitative estimate of drug-likeness (QED) is 0.514. The molecule has 4 N–H and O–H groups in total.